The normalized spacial score (nSPS) is 42.1. The first-order chi connectivity index (χ1) is 9.34. The van der Waals surface area contributed by atoms with Crippen molar-refractivity contribution in [2.75, 3.05) is 0 Å². The van der Waals surface area contributed by atoms with E-state index < -0.39 is 0 Å². The van der Waals surface area contributed by atoms with E-state index in [-0.39, 0.29) is 0 Å². The van der Waals surface area contributed by atoms with Gasteiger partial charge in [0.25, 0.3) is 0 Å². The maximum absolute atomic E-state index is 2.60. The van der Waals surface area contributed by atoms with Crippen molar-refractivity contribution in [3.05, 3.63) is 23.3 Å². The van der Waals surface area contributed by atoms with Crippen molar-refractivity contribution in [3.63, 3.8) is 0 Å². The lowest BCUT2D eigenvalue weighted by molar-refractivity contribution is -0.0466. The molecule has 0 nitrogen and oxygen atoms in total. The molecule has 0 bridgehead atoms. The molecule has 0 radical (unpaired) electrons. The summed E-state index contributed by atoms with van der Waals surface area (Å²) in [5.41, 5.74) is 4.24. The van der Waals surface area contributed by atoms with Gasteiger partial charge in [0, 0.05) is 0 Å². The summed E-state index contributed by atoms with van der Waals surface area (Å²) in [7, 11) is 0. The Labute approximate surface area is 126 Å². The van der Waals surface area contributed by atoms with Gasteiger partial charge in [-0.15, -0.1) is 0 Å². The summed E-state index contributed by atoms with van der Waals surface area (Å²) < 4.78 is 0. The molecule has 2 aliphatic rings. The van der Waals surface area contributed by atoms with Crippen molar-refractivity contribution < 1.29 is 0 Å². The van der Waals surface area contributed by atoms with Crippen molar-refractivity contribution in [1.29, 1.82) is 0 Å². The Hall–Kier alpha value is -0.520. The summed E-state index contributed by atoms with van der Waals surface area (Å²) in [6.45, 7) is 14.5. The third-order valence-corrected chi connectivity index (χ3v) is 7.15. The summed E-state index contributed by atoms with van der Waals surface area (Å²) in [5, 5.41) is 0. The van der Waals surface area contributed by atoms with Crippen molar-refractivity contribution >= 4 is 0 Å². The van der Waals surface area contributed by atoms with E-state index in [1.54, 1.807) is 11.1 Å². The molecule has 2 aliphatic carbocycles. The summed E-state index contributed by atoms with van der Waals surface area (Å²) in [6, 6.07) is 0. The lowest BCUT2D eigenvalue weighted by Crippen LogP contribution is -2.49. The SMILES string of the molecule is CC=C(C)CCC1(C)C(C)CCC2(C)C(C)=CCCC21. The maximum atomic E-state index is 2.60. The van der Waals surface area contributed by atoms with E-state index in [2.05, 4.69) is 53.7 Å². The predicted molar refractivity (Wildman–Crippen MR) is 89.8 cm³/mol. The number of hydrogen-bond acceptors (Lipinski definition) is 0. The van der Waals surface area contributed by atoms with Crippen LogP contribution in [0.2, 0.25) is 0 Å². The molecule has 0 amide bonds. The van der Waals surface area contributed by atoms with Crippen molar-refractivity contribution in [2.45, 2.75) is 80.1 Å². The smallest absolute Gasteiger partial charge is 0.00854 e. The number of fused-ring (bicyclic) bond motifs is 1. The van der Waals surface area contributed by atoms with E-state index in [0.29, 0.717) is 10.8 Å². The van der Waals surface area contributed by atoms with Gasteiger partial charge >= 0.3 is 0 Å². The Morgan fingerprint density at radius 1 is 1.35 bits per heavy atom. The van der Waals surface area contributed by atoms with Gasteiger partial charge in [0.2, 0.25) is 0 Å². The van der Waals surface area contributed by atoms with Crippen molar-refractivity contribution in [2.24, 2.45) is 22.7 Å². The van der Waals surface area contributed by atoms with Gasteiger partial charge in [-0.05, 0) is 82.0 Å². The highest BCUT2D eigenvalue weighted by Crippen LogP contribution is 2.61. The van der Waals surface area contributed by atoms with Crippen LogP contribution in [0.4, 0.5) is 0 Å². The van der Waals surface area contributed by atoms with Gasteiger partial charge < -0.3 is 0 Å². The highest BCUT2D eigenvalue weighted by molar-refractivity contribution is 5.21. The fourth-order valence-electron chi connectivity index (χ4n) is 4.94. The van der Waals surface area contributed by atoms with Crippen LogP contribution in [0, 0.1) is 22.7 Å². The average Bonchev–Trinajstić information content (AvgIpc) is 2.43. The molecule has 4 unspecified atom stereocenters. The van der Waals surface area contributed by atoms with Crippen molar-refractivity contribution in [3.8, 4) is 0 Å². The molecule has 0 aliphatic heterocycles. The topological polar surface area (TPSA) is 0 Å². The van der Waals surface area contributed by atoms with Crippen LogP contribution in [0.25, 0.3) is 0 Å². The van der Waals surface area contributed by atoms with Crippen LogP contribution in [0.3, 0.4) is 0 Å². The molecule has 0 aromatic heterocycles. The Morgan fingerprint density at radius 2 is 2.05 bits per heavy atom. The molecule has 20 heavy (non-hydrogen) atoms. The van der Waals surface area contributed by atoms with Crippen LogP contribution in [-0.2, 0) is 0 Å². The molecule has 0 N–H and O–H groups in total. The molecule has 1 saturated carbocycles. The Kier molecular flexibility index (Phi) is 4.52. The first-order valence-corrected chi connectivity index (χ1v) is 8.63. The van der Waals surface area contributed by atoms with Gasteiger partial charge in [0.05, 0.1) is 0 Å². The lowest BCUT2D eigenvalue weighted by Gasteiger charge is -2.58. The van der Waals surface area contributed by atoms with Gasteiger partial charge in [0.1, 0.15) is 0 Å². The summed E-state index contributed by atoms with van der Waals surface area (Å²) in [5.74, 6) is 1.75. The third-order valence-electron chi connectivity index (χ3n) is 7.15. The zero-order chi connectivity index (χ0) is 15.0. The first-order valence-electron chi connectivity index (χ1n) is 8.63. The number of hydrogen-bond donors (Lipinski definition) is 0. The van der Waals surface area contributed by atoms with Crippen LogP contribution in [-0.4, -0.2) is 0 Å². The fourth-order valence-corrected chi connectivity index (χ4v) is 4.94. The van der Waals surface area contributed by atoms with E-state index in [1.165, 1.54) is 38.5 Å². The van der Waals surface area contributed by atoms with E-state index in [4.69, 9.17) is 0 Å². The van der Waals surface area contributed by atoms with Crippen LogP contribution in [0.5, 0.6) is 0 Å². The van der Waals surface area contributed by atoms with Gasteiger partial charge in [-0.1, -0.05) is 44.1 Å². The molecule has 0 saturated heterocycles. The molecule has 0 heteroatoms. The Bertz CT molecular complexity index is 414. The molecule has 0 aromatic carbocycles. The maximum Gasteiger partial charge on any atom is -0.00854 e. The lowest BCUT2D eigenvalue weighted by atomic mass is 9.47. The third kappa shape index (κ3) is 2.51. The van der Waals surface area contributed by atoms with E-state index in [1.807, 2.05) is 0 Å². The van der Waals surface area contributed by atoms with Gasteiger partial charge in [-0.3, -0.25) is 0 Å². The predicted octanol–water partition coefficient (Wildman–Crippen LogP) is 6.53. The van der Waals surface area contributed by atoms with Crippen molar-refractivity contribution in [1.82, 2.24) is 0 Å². The molecular weight excluding hydrogens is 240 g/mol. The van der Waals surface area contributed by atoms with Crippen LogP contribution in [0.1, 0.15) is 80.1 Å². The molecule has 0 heterocycles. The summed E-state index contributed by atoms with van der Waals surface area (Å²) in [4.78, 5) is 0. The Balaban J connectivity index is 2.27. The van der Waals surface area contributed by atoms with E-state index in [9.17, 15) is 0 Å². The number of allylic oxidation sites excluding steroid dienone is 4. The van der Waals surface area contributed by atoms with Crippen LogP contribution >= 0.6 is 0 Å². The second-order valence-corrected chi connectivity index (χ2v) is 8.02. The highest BCUT2D eigenvalue weighted by atomic mass is 14.6. The standard InChI is InChI=1S/C20H34/c1-7-15(2)11-13-19(5)17(4)12-14-20(6)16(3)9-8-10-18(19)20/h7,9,17-18H,8,10-14H2,1-6H3. The largest absolute Gasteiger partial charge is 0.0887 e. The fraction of sp³-hybridized carbons (Fsp3) is 0.800. The highest BCUT2D eigenvalue weighted by Gasteiger charge is 2.52. The minimum Gasteiger partial charge on any atom is -0.0887 e. The molecule has 0 aromatic rings. The van der Waals surface area contributed by atoms with Gasteiger partial charge in [0.15, 0.2) is 0 Å². The molecule has 0 spiro atoms. The van der Waals surface area contributed by atoms with E-state index in [0.717, 1.165) is 11.8 Å². The average molecular weight is 274 g/mol. The monoisotopic (exact) mass is 274 g/mol. The second-order valence-electron chi connectivity index (χ2n) is 8.02. The molecule has 114 valence electrons. The first kappa shape index (κ1) is 15.9. The van der Waals surface area contributed by atoms with Gasteiger partial charge in [-0.2, -0.15) is 0 Å². The summed E-state index contributed by atoms with van der Waals surface area (Å²) >= 11 is 0. The zero-order valence-electron chi connectivity index (χ0n) is 14.6. The minimum absolute atomic E-state index is 0.476. The molecule has 4 atom stereocenters. The Morgan fingerprint density at radius 3 is 2.70 bits per heavy atom. The van der Waals surface area contributed by atoms with Crippen LogP contribution < -0.4 is 0 Å². The minimum atomic E-state index is 0.476. The van der Waals surface area contributed by atoms with E-state index >= 15 is 0 Å². The molecule has 1 fully saturated rings. The molecule has 2 rings (SSSR count). The molecular formula is C20H34. The van der Waals surface area contributed by atoms with Crippen LogP contribution in [0.15, 0.2) is 23.3 Å². The quantitative estimate of drug-likeness (QED) is 0.513. The number of rotatable bonds is 3. The second kappa shape index (κ2) is 5.70. The zero-order valence-corrected chi connectivity index (χ0v) is 14.6. The summed E-state index contributed by atoms with van der Waals surface area (Å²) in [6.07, 6.45) is 13.0. The van der Waals surface area contributed by atoms with Gasteiger partial charge in [-0.25, -0.2) is 0 Å².